The van der Waals surface area contributed by atoms with Crippen molar-refractivity contribution in [1.82, 2.24) is 11.0 Å². The first-order valence-electron chi connectivity index (χ1n) is 1.53. The zero-order valence-electron chi connectivity index (χ0n) is 3.15. The largest absolute Gasteiger partial charge is 0.302 e. The number of nitrogens with one attached hydrogen (secondary N) is 2. The van der Waals surface area contributed by atoms with Crippen molar-refractivity contribution in [1.29, 1.82) is 0 Å². The van der Waals surface area contributed by atoms with Gasteiger partial charge in [0.15, 0.2) is 0 Å². The molecule has 0 atom stereocenters. The van der Waals surface area contributed by atoms with Crippen LogP contribution in [0.3, 0.4) is 0 Å². The van der Waals surface area contributed by atoms with E-state index in [1.54, 1.807) is 5.59 Å². The van der Waals surface area contributed by atoms with Gasteiger partial charge in [0.1, 0.15) is 0 Å². The Morgan fingerprint density at radius 3 is 2.40 bits per heavy atom. The second kappa shape index (κ2) is 3.88. The van der Waals surface area contributed by atoms with E-state index >= 15 is 0 Å². The smallest absolute Gasteiger partial charge is 0.00932 e. The predicted molar refractivity (Wildman–Crippen MR) is 18.6 cm³/mol. The molecule has 0 rings (SSSR count). The van der Waals surface area contributed by atoms with Crippen LogP contribution in [0.2, 0.25) is 0 Å². The van der Waals surface area contributed by atoms with E-state index in [1.807, 2.05) is 6.92 Å². The van der Waals surface area contributed by atoms with Gasteiger partial charge in [-0.1, -0.05) is 6.92 Å². The summed E-state index contributed by atoms with van der Waals surface area (Å²) in [7, 11) is 0. The molecule has 0 unspecified atom stereocenters. The van der Waals surface area contributed by atoms with Crippen LogP contribution in [0.15, 0.2) is 0 Å². The molecule has 0 fully saturated rings. The van der Waals surface area contributed by atoms with E-state index in [2.05, 4.69) is 5.43 Å². The molecule has 5 heavy (non-hydrogen) atoms. The van der Waals surface area contributed by atoms with E-state index in [4.69, 9.17) is 5.21 Å². The minimum absolute atomic E-state index is 0.733. The number of hydrazine groups is 1. The van der Waals surface area contributed by atoms with Crippen molar-refractivity contribution in [3.05, 3.63) is 0 Å². The highest BCUT2D eigenvalue weighted by atomic mass is 16.5. The fourth-order valence-corrected chi connectivity index (χ4v) is 0.0791. The molecule has 0 saturated heterocycles. The number of hydrogen-bond acceptors (Lipinski definition) is 3. The van der Waals surface area contributed by atoms with Crippen molar-refractivity contribution in [3.8, 4) is 0 Å². The Kier molecular flexibility index (Phi) is 3.79. The molecule has 0 aromatic heterocycles. The first kappa shape index (κ1) is 4.88. The SMILES string of the molecule is CCNNO. The molecule has 3 heteroatoms. The van der Waals surface area contributed by atoms with Crippen LogP contribution in [0.5, 0.6) is 0 Å². The molecule has 0 heterocycles. The molecule has 0 aliphatic carbocycles. The average Bonchev–Trinajstić information content (AvgIpc) is 1.41. The monoisotopic (exact) mass is 76.1 g/mol. The zero-order chi connectivity index (χ0) is 4.12. The Morgan fingerprint density at radius 2 is 2.40 bits per heavy atom. The summed E-state index contributed by atoms with van der Waals surface area (Å²) in [6, 6.07) is 0. The van der Waals surface area contributed by atoms with Crippen LogP contribution in [-0.2, 0) is 0 Å². The summed E-state index contributed by atoms with van der Waals surface area (Å²) < 4.78 is 0. The minimum Gasteiger partial charge on any atom is -0.302 e. The van der Waals surface area contributed by atoms with Gasteiger partial charge < -0.3 is 5.21 Å². The van der Waals surface area contributed by atoms with Gasteiger partial charge in [-0.05, 0) is 0 Å². The van der Waals surface area contributed by atoms with Crippen LogP contribution in [0.1, 0.15) is 6.92 Å². The molecule has 0 saturated carbocycles. The van der Waals surface area contributed by atoms with Crippen molar-refractivity contribution in [2.45, 2.75) is 6.92 Å². The van der Waals surface area contributed by atoms with Crippen molar-refractivity contribution in [2.24, 2.45) is 0 Å². The summed E-state index contributed by atoms with van der Waals surface area (Å²) in [5.41, 5.74) is 4.18. The van der Waals surface area contributed by atoms with Crippen molar-refractivity contribution < 1.29 is 5.21 Å². The molecule has 32 valence electrons. The maximum Gasteiger partial charge on any atom is 0.00932 e. The predicted octanol–water partition coefficient (Wildman–Crippen LogP) is -0.510. The molecular formula is C2H8N2O. The van der Waals surface area contributed by atoms with E-state index in [0.29, 0.717) is 0 Å². The van der Waals surface area contributed by atoms with Crippen molar-refractivity contribution in [3.63, 3.8) is 0 Å². The molecule has 0 radical (unpaired) electrons. The van der Waals surface area contributed by atoms with Gasteiger partial charge >= 0.3 is 0 Å². The lowest BCUT2D eigenvalue weighted by Crippen LogP contribution is -2.27. The molecule has 0 spiro atoms. The molecule has 0 amide bonds. The van der Waals surface area contributed by atoms with Gasteiger partial charge in [-0.25, -0.2) is 5.43 Å². The second-order valence-corrected chi connectivity index (χ2v) is 0.642. The van der Waals surface area contributed by atoms with Gasteiger partial charge in [-0.15, -0.1) is 5.59 Å². The summed E-state index contributed by atoms with van der Waals surface area (Å²) in [5, 5.41) is 7.71. The van der Waals surface area contributed by atoms with Crippen LogP contribution in [0, 0.1) is 0 Å². The molecule has 0 aliphatic rings. The standard InChI is InChI=1S/C2H8N2O/c1-2-3-4-5/h3-5H,2H2,1H3. The van der Waals surface area contributed by atoms with E-state index in [0.717, 1.165) is 6.54 Å². The maximum absolute atomic E-state index is 7.71. The molecule has 0 aromatic carbocycles. The Bertz CT molecular complexity index is 15.1. The van der Waals surface area contributed by atoms with Gasteiger partial charge in [0.2, 0.25) is 0 Å². The van der Waals surface area contributed by atoms with Crippen LogP contribution in [-0.4, -0.2) is 11.8 Å². The first-order chi connectivity index (χ1) is 2.41. The quantitative estimate of drug-likeness (QED) is 0.388. The van der Waals surface area contributed by atoms with Gasteiger partial charge in [0.05, 0.1) is 0 Å². The van der Waals surface area contributed by atoms with Gasteiger partial charge in [-0.3, -0.25) is 0 Å². The summed E-state index contributed by atoms with van der Waals surface area (Å²) in [6.45, 7) is 2.61. The molecule has 0 aliphatic heterocycles. The van der Waals surface area contributed by atoms with E-state index < -0.39 is 0 Å². The van der Waals surface area contributed by atoms with E-state index in [9.17, 15) is 0 Å². The maximum atomic E-state index is 7.71. The summed E-state index contributed by atoms with van der Waals surface area (Å²) in [6.07, 6.45) is 0. The summed E-state index contributed by atoms with van der Waals surface area (Å²) in [5.74, 6) is 0. The van der Waals surface area contributed by atoms with E-state index in [1.165, 1.54) is 0 Å². The third-order valence-electron chi connectivity index (χ3n) is 0.256. The minimum atomic E-state index is 0.733. The fourth-order valence-electron chi connectivity index (χ4n) is 0.0791. The number of rotatable bonds is 2. The van der Waals surface area contributed by atoms with Crippen molar-refractivity contribution >= 4 is 0 Å². The Balaban J connectivity index is 2.19. The molecule has 0 bridgehead atoms. The third kappa shape index (κ3) is 3.88. The summed E-state index contributed by atoms with van der Waals surface area (Å²) >= 11 is 0. The average molecular weight is 76.1 g/mol. The normalized spacial score (nSPS) is 8.40. The topological polar surface area (TPSA) is 44.3 Å². The van der Waals surface area contributed by atoms with Crippen molar-refractivity contribution in [2.75, 3.05) is 6.54 Å². The van der Waals surface area contributed by atoms with Crippen LogP contribution in [0.25, 0.3) is 0 Å². The highest BCUT2D eigenvalue weighted by Gasteiger charge is 1.60. The number of hydrogen-bond donors (Lipinski definition) is 3. The Morgan fingerprint density at radius 1 is 1.80 bits per heavy atom. The Labute approximate surface area is 30.9 Å². The first-order valence-corrected chi connectivity index (χ1v) is 1.53. The molecule has 3 nitrogen and oxygen atoms in total. The van der Waals surface area contributed by atoms with Gasteiger partial charge in [-0.2, -0.15) is 0 Å². The highest BCUT2D eigenvalue weighted by molar-refractivity contribution is 4.12. The summed E-state index contributed by atoms with van der Waals surface area (Å²) in [4.78, 5) is 0. The van der Waals surface area contributed by atoms with Gasteiger partial charge in [0, 0.05) is 6.54 Å². The molecule has 3 N–H and O–H groups in total. The lowest BCUT2D eigenvalue weighted by molar-refractivity contribution is 0.123. The van der Waals surface area contributed by atoms with E-state index in [-0.39, 0.29) is 0 Å². The Hall–Kier alpha value is -0.120. The van der Waals surface area contributed by atoms with Crippen LogP contribution >= 0.6 is 0 Å². The van der Waals surface area contributed by atoms with Crippen LogP contribution in [0.4, 0.5) is 0 Å². The second-order valence-electron chi connectivity index (χ2n) is 0.642. The zero-order valence-corrected chi connectivity index (χ0v) is 3.15. The lowest BCUT2D eigenvalue weighted by Gasteiger charge is -1.88. The van der Waals surface area contributed by atoms with Crippen LogP contribution < -0.4 is 11.0 Å². The lowest BCUT2D eigenvalue weighted by atomic mass is 10.8. The van der Waals surface area contributed by atoms with Gasteiger partial charge in [0.25, 0.3) is 0 Å². The molecule has 0 aromatic rings. The molecular weight excluding hydrogens is 68.0 g/mol. The highest BCUT2D eigenvalue weighted by Crippen LogP contribution is 1.35. The third-order valence-corrected chi connectivity index (χ3v) is 0.256. The fraction of sp³-hybridized carbons (Fsp3) is 1.00.